The molecule has 20 heavy (non-hydrogen) atoms. The SMILES string of the molecule is O=Cc1nccnc1C(=O)NC1C(=O)NC(=O)NC1=O. The number of urea groups is 1. The first-order valence-corrected chi connectivity index (χ1v) is 5.25. The van der Waals surface area contributed by atoms with Gasteiger partial charge in [-0.2, -0.15) is 0 Å². The highest BCUT2D eigenvalue weighted by Gasteiger charge is 2.36. The zero-order valence-corrected chi connectivity index (χ0v) is 9.75. The van der Waals surface area contributed by atoms with Gasteiger partial charge >= 0.3 is 6.03 Å². The molecule has 0 bridgehead atoms. The van der Waals surface area contributed by atoms with Crippen molar-refractivity contribution >= 4 is 30.0 Å². The van der Waals surface area contributed by atoms with E-state index in [4.69, 9.17) is 0 Å². The molecule has 1 aromatic heterocycles. The molecule has 10 heteroatoms. The Labute approximate surface area is 111 Å². The average molecular weight is 277 g/mol. The Hall–Kier alpha value is -3.17. The van der Waals surface area contributed by atoms with Crippen molar-refractivity contribution in [2.45, 2.75) is 6.04 Å². The number of nitrogens with one attached hydrogen (secondary N) is 3. The maximum Gasteiger partial charge on any atom is 0.328 e. The van der Waals surface area contributed by atoms with Gasteiger partial charge in [0.1, 0.15) is 5.69 Å². The Morgan fingerprint density at radius 2 is 1.75 bits per heavy atom. The number of hydrogen-bond acceptors (Lipinski definition) is 7. The number of amides is 5. The van der Waals surface area contributed by atoms with Gasteiger partial charge < -0.3 is 5.32 Å². The van der Waals surface area contributed by atoms with Crippen molar-refractivity contribution in [2.24, 2.45) is 0 Å². The molecule has 0 radical (unpaired) electrons. The number of barbiturate groups is 1. The first kappa shape index (κ1) is 13.3. The molecule has 3 N–H and O–H groups in total. The molecule has 1 aliphatic rings. The predicted octanol–water partition coefficient (Wildman–Crippen LogP) is -2.25. The van der Waals surface area contributed by atoms with Crippen LogP contribution in [0.3, 0.4) is 0 Å². The van der Waals surface area contributed by atoms with Crippen LogP contribution in [0, 0.1) is 0 Å². The number of imide groups is 2. The van der Waals surface area contributed by atoms with Crippen molar-refractivity contribution in [2.75, 3.05) is 0 Å². The predicted molar refractivity (Wildman–Crippen MR) is 60.4 cm³/mol. The lowest BCUT2D eigenvalue weighted by Gasteiger charge is -2.21. The monoisotopic (exact) mass is 277 g/mol. The van der Waals surface area contributed by atoms with E-state index in [1.54, 1.807) is 0 Å². The first-order valence-electron chi connectivity index (χ1n) is 5.25. The Morgan fingerprint density at radius 3 is 2.35 bits per heavy atom. The maximum absolute atomic E-state index is 11.8. The lowest BCUT2D eigenvalue weighted by atomic mass is 10.2. The fourth-order valence-electron chi connectivity index (χ4n) is 1.46. The topological polar surface area (TPSA) is 147 Å². The fourth-order valence-corrected chi connectivity index (χ4v) is 1.46. The third-order valence-electron chi connectivity index (χ3n) is 2.33. The second kappa shape index (κ2) is 5.22. The highest BCUT2D eigenvalue weighted by molar-refractivity contribution is 6.20. The molecule has 2 rings (SSSR count). The van der Waals surface area contributed by atoms with E-state index in [1.165, 1.54) is 12.4 Å². The van der Waals surface area contributed by atoms with Gasteiger partial charge in [0.05, 0.1) is 0 Å². The van der Waals surface area contributed by atoms with Crippen molar-refractivity contribution in [1.29, 1.82) is 0 Å². The molecule has 1 fully saturated rings. The summed E-state index contributed by atoms with van der Waals surface area (Å²) in [5.74, 6) is -2.91. The van der Waals surface area contributed by atoms with E-state index in [1.807, 2.05) is 10.6 Å². The molecule has 2 heterocycles. The smallest absolute Gasteiger partial charge is 0.328 e. The van der Waals surface area contributed by atoms with E-state index in [0.717, 1.165) is 0 Å². The molecular formula is C10H7N5O5. The second-order valence-corrected chi connectivity index (χ2v) is 3.62. The van der Waals surface area contributed by atoms with Crippen LogP contribution in [0.1, 0.15) is 21.0 Å². The first-order chi connectivity index (χ1) is 9.52. The van der Waals surface area contributed by atoms with Gasteiger partial charge in [-0.15, -0.1) is 0 Å². The Kier molecular flexibility index (Phi) is 3.46. The Bertz CT molecular complexity index is 608. The summed E-state index contributed by atoms with van der Waals surface area (Å²) in [6.07, 6.45) is 2.69. The molecule has 1 aliphatic heterocycles. The molecular weight excluding hydrogens is 270 g/mol. The van der Waals surface area contributed by atoms with E-state index in [0.29, 0.717) is 6.29 Å². The third kappa shape index (κ3) is 2.48. The summed E-state index contributed by atoms with van der Waals surface area (Å²) in [4.78, 5) is 63.5. The van der Waals surface area contributed by atoms with Crippen LogP contribution >= 0.6 is 0 Å². The lowest BCUT2D eigenvalue weighted by Crippen LogP contribution is -2.64. The van der Waals surface area contributed by atoms with Crippen molar-refractivity contribution in [1.82, 2.24) is 25.9 Å². The highest BCUT2D eigenvalue weighted by Crippen LogP contribution is 2.00. The van der Waals surface area contributed by atoms with Crippen LogP contribution < -0.4 is 16.0 Å². The van der Waals surface area contributed by atoms with E-state index in [2.05, 4.69) is 15.3 Å². The van der Waals surface area contributed by atoms with E-state index in [-0.39, 0.29) is 11.4 Å². The summed E-state index contributed by atoms with van der Waals surface area (Å²) >= 11 is 0. The van der Waals surface area contributed by atoms with Crippen LogP contribution in [0.25, 0.3) is 0 Å². The molecule has 102 valence electrons. The number of nitrogens with zero attached hydrogens (tertiary/aromatic N) is 2. The number of carbonyl (C=O) groups is 5. The minimum absolute atomic E-state index is 0.238. The summed E-state index contributed by atoms with van der Waals surface area (Å²) in [5.41, 5.74) is -0.572. The van der Waals surface area contributed by atoms with Crippen LogP contribution in [0.2, 0.25) is 0 Å². The van der Waals surface area contributed by atoms with Gasteiger partial charge in [-0.25, -0.2) is 14.8 Å². The van der Waals surface area contributed by atoms with Gasteiger partial charge in [-0.05, 0) is 0 Å². The molecule has 1 saturated heterocycles. The van der Waals surface area contributed by atoms with Crippen LogP contribution in [0.15, 0.2) is 12.4 Å². The molecule has 0 aliphatic carbocycles. The average Bonchev–Trinajstić information content (AvgIpc) is 2.42. The minimum Gasteiger partial charge on any atom is -0.331 e. The number of carbonyl (C=O) groups excluding carboxylic acids is 5. The van der Waals surface area contributed by atoms with Crippen LogP contribution in [0.5, 0.6) is 0 Å². The Balaban J connectivity index is 2.19. The summed E-state index contributed by atoms with van der Waals surface area (Å²) in [5, 5.41) is 5.68. The number of aromatic nitrogens is 2. The largest absolute Gasteiger partial charge is 0.331 e. The summed E-state index contributed by atoms with van der Waals surface area (Å²) in [6.45, 7) is 0. The normalized spacial score (nSPS) is 15.3. The second-order valence-electron chi connectivity index (χ2n) is 3.62. The van der Waals surface area contributed by atoms with Crippen molar-refractivity contribution in [3.05, 3.63) is 23.8 Å². The van der Waals surface area contributed by atoms with Gasteiger partial charge in [0, 0.05) is 12.4 Å². The molecule has 5 amide bonds. The summed E-state index contributed by atoms with van der Waals surface area (Å²) in [7, 11) is 0. The van der Waals surface area contributed by atoms with E-state index >= 15 is 0 Å². The fraction of sp³-hybridized carbons (Fsp3) is 0.100. The standard InChI is InChI=1S/C10H7N5O5/c16-3-4-5(12-2-1-11-4)7(17)13-6-8(18)14-10(20)15-9(6)19/h1-3,6H,(H,13,17)(H2,14,15,18,19,20). The van der Waals surface area contributed by atoms with E-state index < -0.39 is 29.8 Å². The molecule has 0 aromatic carbocycles. The summed E-state index contributed by atoms with van der Waals surface area (Å²) < 4.78 is 0. The highest BCUT2D eigenvalue weighted by atomic mass is 16.2. The third-order valence-corrected chi connectivity index (χ3v) is 2.33. The van der Waals surface area contributed by atoms with Crippen LogP contribution in [0.4, 0.5) is 4.79 Å². The van der Waals surface area contributed by atoms with Gasteiger partial charge in [-0.3, -0.25) is 29.8 Å². The minimum atomic E-state index is -1.60. The van der Waals surface area contributed by atoms with Crippen LogP contribution in [-0.4, -0.2) is 46.0 Å². The number of hydrogen-bond donors (Lipinski definition) is 3. The molecule has 0 spiro atoms. The van der Waals surface area contributed by atoms with E-state index in [9.17, 15) is 24.0 Å². The summed E-state index contributed by atoms with van der Waals surface area (Å²) in [6, 6.07) is -2.57. The van der Waals surface area contributed by atoms with Gasteiger partial charge in [-0.1, -0.05) is 0 Å². The zero-order chi connectivity index (χ0) is 14.7. The number of rotatable bonds is 3. The molecule has 0 unspecified atom stereocenters. The molecule has 1 aromatic rings. The van der Waals surface area contributed by atoms with Gasteiger partial charge in [0.2, 0.25) is 0 Å². The Morgan fingerprint density at radius 1 is 1.15 bits per heavy atom. The van der Waals surface area contributed by atoms with Crippen LogP contribution in [-0.2, 0) is 9.59 Å². The maximum atomic E-state index is 11.8. The van der Waals surface area contributed by atoms with Crippen molar-refractivity contribution in [3.63, 3.8) is 0 Å². The van der Waals surface area contributed by atoms with Crippen molar-refractivity contribution in [3.8, 4) is 0 Å². The zero-order valence-electron chi connectivity index (χ0n) is 9.75. The van der Waals surface area contributed by atoms with Gasteiger partial charge in [0.15, 0.2) is 18.0 Å². The van der Waals surface area contributed by atoms with Crippen molar-refractivity contribution < 1.29 is 24.0 Å². The molecule has 0 atom stereocenters. The quantitative estimate of drug-likeness (QED) is 0.417. The number of aldehydes is 1. The molecule has 0 saturated carbocycles. The lowest BCUT2D eigenvalue weighted by molar-refractivity contribution is -0.132. The molecule has 10 nitrogen and oxygen atoms in total. The van der Waals surface area contributed by atoms with Gasteiger partial charge in [0.25, 0.3) is 17.7 Å².